The number of rotatable bonds is 1. The van der Waals surface area contributed by atoms with Gasteiger partial charge in [-0.2, -0.15) is 0 Å². The number of hydrogen-bond donors (Lipinski definition) is 0. The summed E-state index contributed by atoms with van der Waals surface area (Å²) in [6.07, 6.45) is 3.62. The molecule has 3 heterocycles. The molecule has 0 amide bonds. The first kappa shape index (κ1) is 20.3. The third-order valence-corrected chi connectivity index (χ3v) is 8.98. The van der Waals surface area contributed by atoms with Gasteiger partial charge in [0.2, 0.25) is 0 Å². The summed E-state index contributed by atoms with van der Waals surface area (Å²) in [4.78, 5) is 9.74. The molecular weight excluding hydrogens is 482 g/mol. The average Bonchev–Trinajstić information content (AvgIpc) is 3.51. The van der Waals surface area contributed by atoms with Crippen LogP contribution in [0.3, 0.4) is 0 Å². The molecule has 9 rings (SSSR count). The Labute approximate surface area is 221 Å². The molecule has 0 aliphatic rings. The second-order valence-electron chi connectivity index (χ2n) is 9.85. The van der Waals surface area contributed by atoms with Crippen molar-refractivity contribution in [2.75, 3.05) is 0 Å². The first-order valence-electron chi connectivity index (χ1n) is 12.8. The maximum Gasteiger partial charge on any atom is 0.0971 e. The maximum absolute atomic E-state index is 4.87. The van der Waals surface area contributed by atoms with Crippen molar-refractivity contribution in [1.82, 2.24) is 14.5 Å². The summed E-state index contributed by atoms with van der Waals surface area (Å²) in [5, 5.41) is 9.77. The molecule has 176 valence electrons. The number of fused-ring (bicyclic) bond motifs is 12. The van der Waals surface area contributed by atoms with E-state index < -0.39 is 0 Å². The van der Waals surface area contributed by atoms with E-state index in [2.05, 4.69) is 108 Å². The van der Waals surface area contributed by atoms with E-state index in [0.29, 0.717) is 0 Å². The molecule has 0 unspecified atom stereocenters. The van der Waals surface area contributed by atoms with Gasteiger partial charge in [-0.3, -0.25) is 9.97 Å². The average molecular weight is 502 g/mol. The van der Waals surface area contributed by atoms with E-state index in [-0.39, 0.29) is 0 Å². The Morgan fingerprint density at radius 1 is 0.447 bits per heavy atom. The molecule has 0 saturated carbocycles. The lowest BCUT2D eigenvalue weighted by atomic mass is 9.96. The van der Waals surface area contributed by atoms with Gasteiger partial charge in [0.1, 0.15) is 0 Å². The number of aromatic nitrogens is 3. The molecule has 4 heteroatoms. The first-order chi connectivity index (χ1) is 18.8. The molecule has 0 radical (unpaired) electrons. The van der Waals surface area contributed by atoms with Gasteiger partial charge in [0.05, 0.1) is 22.1 Å². The van der Waals surface area contributed by atoms with Crippen LogP contribution in [0.2, 0.25) is 0 Å². The summed E-state index contributed by atoms with van der Waals surface area (Å²) >= 11 is 1.86. The van der Waals surface area contributed by atoms with Crippen molar-refractivity contribution in [3.05, 3.63) is 116 Å². The zero-order valence-electron chi connectivity index (χ0n) is 20.2. The standard InChI is InChI=1S/C34H19N3S/c1-2-8-20(9-3-1)37-29-12-6-4-10-21(29)25-16-27-23(18-30(25)37)24-19-32-26(22-11-5-7-13-31(22)38-32)17-28(24)34-33(27)35-14-15-36-34/h1-19H. The van der Waals surface area contributed by atoms with Gasteiger partial charge in [-0.15, -0.1) is 11.3 Å². The molecule has 9 aromatic rings. The highest BCUT2D eigenvalue weighted by Crippen LogP contribution is 2.43. The predicted molar refractivity (Wildman–Crippen MR) is 162 cm³/mol. The molecule has 38 heavy (non-hydrogen) atoms. The molecule has 0 aliphatic heterocycles. The highest BCUT2D eigenvalue weighted by atomic mass is 32.1. The molecule has 0 fully saturated rings. The zero-order chi connectivity index (χ0) is 24.8. The molecule has 0 saturated heterocycles. The molecule has 0 atom stereocenters. The minimum absolute atomic E-state index is 0.951. The van der Waals surface area contributed by atoms with E-state index >= 15 is 0 Å². The molecular formula is C34H19N3S. The topological polar surface area (TPSA) is 30.7 Å². The summed E-state index contributed by atoms with van der Waals surface area (Å²) in [5.41, 5.74) is 5.47. The van der Waals surface area contributed by atoms with Crippen molar-refractivity contribution < 1.29 is 0 Å². The van der Waals surface area contributed by atoms with E-state index in [9.17, 15) is 0 Å². The van der Waals surface area contributed by atoms with Crippen molar-refractivity contribution in [2.45, 2.75) is 0 Å². The summed E-state index contributed by atoms with van der Waals surface area (Å²) in [6.45, 7) is 0. The molecule has 6 aromatic carbocycles. The fraction of sp³-hybridized carbons (Fsp3) is 0. The van der Waals surface area contributed by atoms with Gasteiger partial charge >= 0.3 is 0 Å². The van der Waals surface area contributed by atoms with Crippen LogP contribution in [0.1, 0.15) is 0 Å². The Balaban J connectivity index is 1.54. The van der Waals surface area contributed by atoms with Gasteiger partial charge in [0.25, 0.3) is 0 Å². The largest absolute Gasteiger partial charge is 0.309 e. The van der Waals surface area contributed by atoms with Crippen molar-refractivity contribution in [1.29, 1.82) is 0 Å². The molecule has 3 nitrogen and oxygen atoms in total. The van der Waals surface area contributed by atoms with Gasteiger partial charge in [-0.1, -0.05) is 54.6 Å². The zero-order valence-corrected chi connectivity index (χ0v) is 21.0. The van der Waals surface area contributed by atoms with E-state index in [1.54, 1.807) is 0 Å². The Morgan fingerprint density at radius 2 is 1.11 bits per heavy atom. The normalized spacial score (nSPS) is 12.2. The fourth-order valence-corrected chi connectivity index (χ4v) is 7.34. The Hall–Kier alpha value is -4.80. The van der Waals surface area contributed by atoms with E-state index in [1.165, 1.54) is 52.8 Å². The SMILES string of the molecule is c1ccc(-n2c3ccccc3c3cc4c(cc32)c2cc3sc5ccccc5c3cc2c2nccnc42)cc1. The Kier molecular flexibility index (Phi) is 3.93. The molecule has 0 spiro atoms. The minimum atomic E-state index is 0.951. The smallest absolute Gasteiger partial charge is 0.0971 e. The van der Waals surface area contributed by atoms with Crippen LogP contribution in [0.15, 0.2) is 116 Å². The lowest BCUT2D eigenvalue weighted by Gasteiger charge is -2.12. The van der Waals surface area contributed by atoms with Crippen molar-refractivity contribution >= 4 is 85.9 Å². The number of nitrogens with zero attached hydrogens (tertiary/aromatic N) is 3. The van der Waals surface area contributed by atoms with Crippen LogP contribution in [0, 0.1) is 0 Å². The Bertz CT molecular complexity index is 2400. The fourth-order valence-electron chi connectivity index (χ4n) is 6.21. The van der Waals surface area contributed by atoms with Crippen LogP contribution in [0.4, 0.5) is 0 Å². The van der Waals surface area contributed by atoms with Crippen molar-refractivity contribution in [3.63, 3.8) is 0 Å². The van der Waals surface area contributed by atoms with Crippen molar-refractivity contribution in [2.24, 2.45) is 0 Å². The van der Waals surface area contributed by atoms with E-state index in [1.807, 2.05) is 23.7 Å². The van der Waals surface area contributed by atoms with Gasteiger partial charge in [-0.05, 0) is 59.3 Å². The number of benzene rings is 6. The third kappa shape index (κ3) is 2.62. The first-order valence-corrected chi connectivity index (χ1v) is 13.6. The van der Waals surface area contributed by atoms with E-state index in [4.69, 9.17) is 9.97 Å². The maximum atomic E-state index is 4.87. The van der Waals surface area contributed by atoms with E-state index in [0.717, 1.165) is 27.5 Å². The summed E-state index contributed by atoms with van der Waals surface area (Å²) in [6, 6.07) is 37.4. The summed E-state index contributed by atoms with van der Waals surface area (Å²) in [7, 11) is 0. The molecule has 3 aromatic heterocycles. The van der Waals surface area contributed by atoms with Crippen LogP contribution in [-0.2, 0) is 0 Å². The highest BCUT2D eigenvalue weighted by molar-refractivity contribution is 7.25. The summed E-state index contributed by atoms with van der Waals surface area (Å²) in [5.74, 6) is 0. The third-order valence-electron chi connectivity index (χ3n) is 7.84. The summed E-state index contributed by atoms with van der Waals surface area (Å²) < 4.78 is 4.99. The van der Waals surface area contributed by atoms with Crippen LogP contribution in [0.5, 0.6) is 0 Å². The van der Waals surface area contributed by atoms with Gasteiger partial charge < -0.3 is 4.57 Å². The molecule has 0 N–H and O–H groups in total. The highest BCUT2D eigenvalue weighted by Gasteiger charge is 2.18. The number of para-hydroxylation sites is 2. The van der Waals surface area contributed by atoms with Crippen LogP contribution in [-0.4, -0.2) is 14.5 Å². The quantitative estimate of drug-likeness (QED) is 0.210. The monoisotopic (exact) mass is 501 g/mol. The molecule has 0 aliphatic carbocycles. The Morgan fingerprint density at radius 3 is 1.92 bits per heavy atom. The second kappa shape index (κ2) is 7.37. The van der Waals surface area contributed by atoms with Gasteiger partial charge in [0, 0.05) is 59.8 Å². The van der Waals surface area contributed by atoms with Gasteiger partial charge in [-0.25, -0.2) is 0 Å². The van der Waals surface area contributed by atoms with Crippen molar-refractivity contribution in [3.8, 4) is 5.69 Å². The van der Waals surface area contributed by atoms with Crippen LogP contribution >= 0.6 is 11.3 Å². The second-order valence-corrected chi connectivity index (χ2v) is 10.9. The number of hydrogen-bond acceptors (Lipinski definition) is 3. The van der Waals surface area contributed by atoms with Gasteiger partial charge in [0.15, 0.2) is 0 Å². The lowest BCUT2D eigenvalue weighted by Crippen LogP contribution is -1.94. The molecule has 0 bridgehead atoms. The lowest BCUT2D eigenvalue weighted by molar-refractivity contribution is 1.18. The van der Waals surface area contributed by atoms with Crippen LogP contribution < -0.4 is 0 Å². The minimum Gasteiger partial charge on any atom is -0.309 e. The predicted octanol–water partition coefficient (Wildman–Crippen LogP) is 9.40. The van der Waals surface area contributed by atoms with Crippen LogP contribution in [0.25, 0.3) is 80.2 Å². The number of thiophene rings is 1.